The van der Waals surface area contributed by atoms with Crippen LogP contribution < -0.4 is 10.6 Å². The normalized spacial score (nSPS) is 12.3. The Morgan fingerprint density at radius 3 is 2.30 bits per heavy atom. The van der Waals surface area contributed by atoms with Gasteiger partial charge in [0.05, 0.1) is 0 Å². The van der Waals surface area contributed by atoms with Gasteiger partial charge in [-0.1, -0.05) is 26.2 Å². The van der Waals surface area contributed by atoms with Gasteiger partial charge < -0.3 is 20.5 Å². The van der Waals surface area contributed by atoms with Crippen molar-refractivity contribution in [2.45, 2.75) is 77.9 Å². The van der Waals surface area contributed by atoms with Gasteiger partial charge in [0.15, 0.2) is 0 Å². The lowest BCUT2D eigenvalue weighted by Crippen LogP contribution is -2.44. The minimum atomic E-state index is -1.19. The van der Waals surface area contributed by atoms with Crippen molar-refractivity contribution >= 4 is 18.0 Å². The number of ether oxygens (including phenoxy) is 1. The van der Waals surface area contributed by atoms with Crippen molar-refractivity contribution in [1.82, 2.24) is 10.6 Å². The van der Waals surface area contributed by atoms with Gasteiger partial charge >= 0.3 is 12.1 Å². The summed E-state index contributed by atoms with van der Waals surface area (Å²) >= 11 is 0. The smallest absolute Gasteiger partial charge is 0.408 e. The van der Waals surface area contributed by atoms with Crippen LogP contribution in [0.4, 0.5) is 4.79 Å². The summed E-state index contributed by atoms with van der Waals surface area (Å²) in [5.41, 5.74) is -0.705. The van der Waals surface area contributed by atoms with Crippen LogP contribution in [0.3, 0.4) is 0 Å². The van der Waals surface area contributed by atoms with Crippen molar-refractivity contribution in [3.05, 3.63) is 0 Å². The highest BCUT2D eigenvalue weighted by Crippen LogP contribution is 2.08. The topological polar surface area (TPSA) is 105 Å². The summed E-state index contributed by atoms with van der Waals surface area (Å²) in [5.74, 6) is -1.40. The van der Waals surface area contributed by atoms with Gasteiger partial charge in [-0.25, -0.2) is 9.59 Å². The molecule has 0 bridgehead atoms. The van der Waals surface area contributed by atoms with Crippen LogP contribution in [0.25, 0.3) is 0 Å². The van der Waals surface area contributed by atoms with E-state index in [4.69, 9.17) is 9.84 Å². The predicted octanol–water partition coefficient (Wildman–Crippen LogP) is 2.44. The van der Waals surface area contributed by atoms with E-state index in [1.54, 1.807) is 20.8 Å². The molecule has 0 saturated carbocycles. The van der Waals surface area contributed by atoms with E-state index in [2.05, 4.69) is 17.6 Å². The maximum Gasteiger partial charge on any atom is 0.408 e. The average molecular weight is 330 g/mol. The lowest BCUT2D eigenvalue weighted by molar-refractivity contribution is -0.139. The van der Waals surface area contributed by atoms with E-state index in [-0.39, 0.29) is 18.7 Å². The molecule has 0 fully saturated rings. The molecule has 0 aliphatic rings. The Hall–Kier alpha value is -1.79. The van der Waals surface area contributed by atoms with Gasteiger partial charge in [-0.2, -0.15) is 0 Å². The van der Waals surface area contributed by atoms with Gasteiger partial charge in [-0.05, 0) is 33.6 Å². The number of hydrogen-bond acceptors (Lipinski definition) is 4. The quantitative estimate of drug-likeness (QED) is 0.534. The van der Waals surface area contributed by atoms with Gasteiger partial charge in [-0.15, -0.1) is 0 Å². The molecule has 3 N–H and O–H groups in total. The highest BCUT2D eigenvalue weighted by Gasteiger charge is 2.24. The molecule has 2 amide bonds. The highest BCUT2D eigenvalue weighted by molar-refractivity contribution is 5.81. The van der Waals surface area contributed by atoms with E-state index < -0.39 is 23.7 Å². The maximum absolute atomic E-state index is 11.7. The molecule has 0 saturated heterocycles. The molecule has 1 atom stereocenters. The zero-order chi connectivity index (χ0) is 17.9. The number of carboxylic acid groups (broad SMARTS) is 1. The summed E-state index contributed by atoms with van der Waals surface area (Å²) in [6.45, 7) is 7.77. The Morgan fingerprint density at radius 1 is 1.13 bits per heavy atom. The molecule has 0 aromatic rings. The zero-order valence-corrected chi connectivity index (χ0v) is 14.6. The molecule has 0 aliphatic heterocycles. The molecular formula is C16H30N2O5. The summed E-state index contributed by atoms with van der Waals surface area (Å²) in [6.07, 6.45) is 3.51. The fraction of sp³-hybridized carbons (Fsp3) is 0.812. The molecule has 0 spiro atoms. The van der Waals surface area contributed by atoms with E-state index in [0.29, 0.717) is 6.54 Å². The fourth-order valence-electron chi connectivity index (χ4n) is 1.85. The molecular weight excluding hydrogens is 300 g/mol. The third-order valence-electron chi connectivity index (χ3n) is 3.00. The first-order valence-electron chi connectivity index (χ1n) is 8.14. The molecule has 0 aliphatic carbocycles. The number of carbonyl (C=O) groups excluding carboxylic acids is 2. The second-order valence-electron chi connectivity index (χ2n) is 6.49. The molecule has 23 heavy (non-hydrogen) atoms. The monoisotopic (exact) mass is 330 g/mol. The number of carboxylic acids is 1. The standard InChI is InChI=1S/C16H30N2O5/c1-5-6-7-8-11-17-13(19)10-9-12(14(20)21)18-15(22)23-16(2,3)4/h12H,5-11H2,1-4H3,(H,17,19)(H,18,22)(H,20,21)/t12-/m1/s1. The van der Waals surface area contributed by atoms with Gasteiger partial charge in [0.25, 0.3) is 0 Å². The van der Waals surface area contributed by atoms with E-state index in [1.807, 2.05) is 0 Å². The SMILES string of the molecule is CCCCCCNC(=O)CC[C@@H](NC(=O)OC(C)(C)C)C(=O)O. The van der Waals surface area contributed by atoms with Gasteiger partial charge in [0, 0.05) is 13.0 Å². The summed E-state index contributed by atoms with van der Waals surface area (Å²) in [5, 5.41) is 14.1. The molecule has 0 unspecified atom stereocenters. The Balaban J connectivity index is 4.11. The summed E-state index contributed by atoms with van der Waals surface area (Å²) < 4.78 is 5.01. The molecule has 0 radical (unpaired) electrons. The van der Waals surface area contributed by atoms with Crippen LogP contribution in [-0.2, 0) is 14.3 Å². The first-order chi connectivity index (χ1) is 10.7. The molecule has 7 heteroatoms. The largest absolute Gasteiger partial charge is 0.480 e. The number of nitrogens with one attached hydrogen (secondary N) is 2. The Labute approximate surface area is 138 Å². The molecule has 0 aromatic carbocycles. The molecule has 7 nitrogen and oxygen atoms in total. The third-order valence-corrected chi connectivity index (χ3v) is 3.00. The summed E-state index contributed by atoms with van der Waals surface area (Å²) in [7, 11) is 0. The minimum Gasteiger partial charge on any atom is -0.480 e. The van der Waals surface area contributed by atoms with Crippen LogP contribution >= 0.6 is 0 Å². The fourth-order valence-corrected chi connectivity index (χ4v) is 1.85. The number of amides is 2. The van der Waals surface area contributed by atoms with Crippen molar-refractivity contribution in [3.63, 3.8) is 0 Å². The van der Waals surface area contributed by atoms with Crippen LogP contribution in [-0.4, -0.2) is 41.3 Å². The van der Waals surface area contributed by atoms with Gasteiger partial charge in [0.2, 0.25) is 5.91 Å². The first-order valence-corrected chi connectivity index (χ1v) is 8.14. The van der Waals surface area contributed by atoms with Crippen molar-refractivity contribution in [3.8, 4) is 0 Å². The average Bonchev–Trinajstić information content (AvgIpc) is 2.40. The first kappa shape index (κ1) is 21.2. The number of rotatable bonds is 10. The lowest BCUT2D eigenvalue weighted by atomic mass is 10.1. The number of unbranched alkanes of at least 4 members (excludes halogenated alkanes) is 3. The molecule has 0 heterocycles. The van der Waals surface area contributed by atoms with Crippen molar-refractivity contribution < 1.29 is 24.2 Å². The van der Waals surface area contributed by atoms with E-state index in [1.165, 1.54) is 0 Å². The Kier molecular flexibility index (Phi) is 10.0. The molecule has 0 aromatic heterocycles. The predicted molar refractivity (Wildman–Crippen MR) is 87.2 cm³/mol. The summed E-state index contributed by atoms with van der Waals surface area (Å²) in [4.78, 5) is 34.4. The second-order valence-corrected chi connectivity index (χ2v) is 6.49. The van der Waals surface area contributed by atoms with Crippen LogP contribution in [0.1, 0.15) is 66.2 Å². The van der Waals surface area contributed by atoms with Gasteiger partial charge in [-0.3, -0.25) is 4.79 Å². The molecule has 0 rings (SSSR count). The number of carbonyl (C=O) groups is 3. The van der Waals surface area contributed by atoms with E-state index >= 15 is 0 Å². The van der Waals surface area contributed by atoms with Crippen LogP contribution in [0.5, 0.6) is 0 Å². The number of aliphatic carboxylic acids is 1. The summed E-state index contributed by atoms with van der Waals surface area (Å²) in [6, 6.07) is -1.14. The van der Waals surface area contributed by atoms with Crippen molar-refractivity contribution in [2.75, 3.05) is 6.54 Å². The Bertz CT molecular complexity index is 390. The molecule has 134 valence electrons. The Morgan fingerprint density at radius 2 is 1.78 bits per heavy atom. The van der Waals surface area contributed by atoms with Crippen molar-refractivity contribution in [1.29, 1.82) is 0 Å². The third kappa shape index (κ3) is 12.4. The van der Waals surface area contributed by atoms with Crippen LogP contribution in [0.2, 0.25) is 0 Å². The minimum absolute atomic E-state index is 0.0232. The highest BCUT2D eigenvalue weighted by atomic mass is 16.6. The second kappa shape index (κ2) is 10.9. The number of alkyl carbamates (subject to hydrolysis) is 1. The maximum atomic E-state index is 11.7. The van der Waals surface area contributed by atoms with E-state index in [0.717, 1.165) is 25.7 Å². The lowest BCUT2D eigenvalue weighted by Gasteiger charge is -2.21. The van der Waals surface area contributed by atoms with Crippen LogP contribution in [0.15, 0.2) is 0 Å². The number of hydrogen-bond donors (Lipinski definition) is 3. The van der Waals surface area contributed by atoms with Gasteiger partial charge in [0.1, 0.15) is 11.6 Å². The zero-order valence-electron chi connectivity index (χ0n) is 14.6. The van der Waals surface area contributed by atoms with E-state index in [9.17, 15) is 14.4 Å². The van der Waals surface area contributed by atoms with Crippen LogP contribution in [0, 0.1) is 0 Å². The van der Waals surface area contributed by atoms with Crippen molar-refractivity contribution in [2.24, 2.45) is 0 Å².